The minimum Gasteiger partial charge on any atom is -0.504 e. The van der Waals surface area contributed by atoms with Gasteiger partial charge < -0.3 is 9.84 Å². The molecule has 22 heavy (non-hydrogen) atoms. The molecule has 2 aliphatic rings. The molecule has 122 valence electrons. The summed E-state index contributed by atoms with van der Waals surface area (Å²) in [5.41, 5.74) is 2.81. The number of fused-ring (bicyclic) bond motifs is 3. The van der Waals surface area contributed by atoms with Gasteiger partial charge in [-0.3, -0.25) is 0 Å². The Hall–Kier alpha value is -1.18. The molecular weight excluding hydrogens is 272 g/mol. The summed E-state index contributed by atoms with van der Waals surface area (Å²) in [6, 6.07) is 4.07. The molecule has 2 aliphatic carbocycles. The van der Waals surface area contributed by atoms with Crippen LogP contribution in [0.5, 0.6) is 11.5 Å². The molecule has 0 aromatic heterocycles. The van der Waals surface area contributed by atoms with Crippen molar-refractivity contribution in [1.29, 1.82) is 0 Å². The van der Waals surface area contributed by atoms with Crippen LogP contribution in [-0.2, 0) is 6.42 Å². The van der Waals surface area contributed by atoms with E-state index in [4.69, 9.17) is 4.74 Å². The minimum absolute atomic E-state index is 0.298. The van der Waals surface area contributed by atoms with Gasteiger partial charge in [0.2, 0.25) is 0 Å². The second kappa shape index (κ2) is 6.52. The van der Waals surface area contributed by atoms with Crippen molar-refractivity contribution in [3.8, 4) is 11.5 Å². The second-order valence-corrected chi connectivity index (χ2v) is 7.39. The van der Waals surface area contributed by atoms with Gasteiger partial charge in [0.25, 0.3) is 0 Å². The highest BCUT2D eigenvalue weighted by Gasteiger charge is 2.40. The molecule has 4 atom stereocenters. The van der Waals surface area contributed by atoms with Gasteiger partial charge >= 0.3 is 0 Å². The lowest BCUT2D eigenvalue weighted by molar-refractivity contribution is 0.112. The number of benzene rings is 1. The summed E-state index contributed by atoms with van der Waals surface area (Å²) in [6.07, 6.45) is 9.12. The third-order valence-corrected chi connectivity index (χ3v) is 6.21. The second-order valence-electron chi connectivity index (χ2n) is 7.39. The predicted octanol–water partition coefficient (Wildman–Crippen LogP) is 5.28. The van der Waals surface area contributed by atoms with E-state index in [0.717, 1.165) is 24.2 Å². The molecule has 1 saturated carbocycles. The summed E-state index contributed by atoms with van der Waals surface area (Å²) in [7, 11) is 1.65. The summed E-state index contributed by atoms with van der Waals surface area (Å²) in [5.74, 6) is 4.20. The fourth-order valence-corrected chi connectivity index (χ4v) is 5.01. The molecule has 1 fully saturated rings. The third-order valence-electron chi connectivity index (χ3n) is 6.21. The number of methoxy groups -OCH3 is 1. The summed E-state index contributed by atoms with van der Waals surface area (Å²) in [5, 5.41) is 10.0. The van der Waals surface area contributed by atoms with Crippen LogP contribution in [0.1, 0.15) is 69.4 Å². The van der Waals surface area contributed by atoms with E-state index in [1.807, 2.05) is 6.07 Å². The van der Waals surface area contributed by atoms with Gasteiger partial charge in [0.05, 0.1) is 7.11 Å². The monoisotopic (exact) mass is 302 g/mol. The minimum atomic E-state index is 0.298. The number of phenolic OH excluding ortho intramolecular Hbond substituents is 1. The molecule has 0 amide bonds. The number of aryl methyl sites for hydroxylation is 1. The van der Waals surface area contributed by atoms with E-state index >= 15 is 0 Å². The van der Waals surface area contributed by atoms with Crippen LogP contribution in [0.3, 0.4) is 0 Å². The lowest BCUT2D eigenvalue weighted by Crippen LogP contribution is -2.35. The van der Waals surface area contributed by atoms with Gasteiger partial charge in [0, 0.05) is 0 Å². The summed E-state index contributed by atoms with van der Waals surface area (Å²) in [6.45, 7) is 4.76. The SMILES string of the molecule is CCCCC1C(C)CCC2c3cc(OC)c(O)cc3CCC21. The molecule has 1 aromatic rings. The van der Waals surface area contributed by atoms with Gasteiger partial charge in [-0.2, -0.15) is 0 Å². The zero-order valence-corrected chi connectivity index (χ0v) is 14.3. The molecule has 0 aliphatic heterocycles. The van der Waals surface area contributed by atoms with E-state index in [9.17, 15) is 5.11 Å². The van der Waals surface area contributed by atoms with Crippen molar-refractivity contribution in [3.63, 3.8) is 0 Å². The molecule has 0 radical (unpaired) electrons. The standard InChI is InChI=1S/C20H30O2/c1-4-5-6-15-13(2)7-9-17-16(15)10-8-14-11-19(21)20(22-3)12-18(14)17/h11-13,15-17,21H,4-10H2,1-3H3. The molecule has 2 nitrogen and oxygen atoms in total. The summed E-state index contributed by atoms with van der Waals surface area (Å²) < 4.78 is 5.35. The van der Waals surface area contributed by atoms with Crippen molar-refractivity contribution >= 4 is 0 Å². The molecule has 1 N–H and O–H groups in total. The lowest BCUT2D eigenvalue weighted by atomic mass is 9.59. The maximum absolute atomic E-state index is 10.0. The molecule has 4 unspecified atom stereocenters. The molecule has 0 saturated heterocycles. The first kappa shape index (κ1) is 15.7. The van der Waals surface area contributed by atoms with Gasteiger partial charge in [-0.1, -0.05) is 26.7 Å². The van der Waals surface area contributed by atoms with Crippen molar-refractivity contribution in [3.05, 3.63) is 23.3 Å². The number of unbranched alkanes of at least 4 members (excludes halogenated alkanes) is 1. The maximum atomic E-state index is 10.0. The Bertz CT molecular complexity index is 523. The quantitative estimate of drug-likeness (QED) is 0.819. The zero-order valence-electron chi connectivity index (χ0n) is 14.3. The molecule has 1 aromatic carbocycles. The van der Waals surface area contributed by atoms with Crippen LogP contribution in [0, 0.1) is 17.8 Å². The Kier molecular flexibility index (Phi) is 4.65. The van der Waals surface area contributed by atoms with Gasteiger partial charge in [0.15, 0.2) is 11.5 Å². The van der Waals surface area contributed by atoms with E-state index in [-0.39, 0.29) is 0 Å². The highest BCUT2D eigenvalue weighted by molar-refractivity contribution is 5.49. The average molecular weight is 302 g/mol. The summed E-state index contributed by atoms with van der Waals surface area (Å²) >= 11 is 0. The Balaban J connectivity index is 1.90. The smallest absolute Gasteiger partial charge is 0.160 e. The largest absolute Gasteiger partial charge is 0.504 e. The first-order valence-corrected chi connectivity index (χ1v) is 9.05. The Morgan fingerprint density at radius 3 is 2.77 bits per heavy atom. The highest BCUT2D eigenvalue weighted by atomic mass is 16.5. The average Bonchev–Trinajstić information content (AvgIpc) is 2.52. The lowest BCUT2D eigenvalue weighted by Gasteiger charge is -2.46. The molecule has 3 rings (SSSR count). The van der Waals surface area contributed by atoms with Crippen molar-refractivity contribution in [1.82, 2.24) is 0 Å². The van der Waals surface area contributed by atoms with E-state index < -0.39 is 0 Å². The zero-order chi connectivity index (χ0) is 15.7. The van der Waals surface area contributed by atoms with Crippen molar-refractivity contribution in [2.45, 2.75) is 64.7 Å². The number of hydrogen-bond donors (Lipinski definition) is 1. The van der Waals surface area contributed by atoms with Crippen LogP contribution >= 0.6 is 0 Å². The number of rotatable bonds is 4. The van der Waals surface area contributed by atoms with Gasteiger partial charge in [0.1, 0.15) is 0 Å². The van der Waals surface area contributed by atoms with Crippen LogP contribution < -0.4 is 4.74 Å². The van der Waals surface area contributed by atoms with Crippen LogP contribution in [0.15, 0.2) is 12.1 Å². The molecule has 0 bridgehead atoms. The van der Waals surface area contributed by atoms with Gasteiger partial charge in [-0.15, -0.1) is 0 Å². The predicted molar refractivity (Wildman–Crippen MR) is 90.6 cm³/mol. The van der Waals surface area contributed by atoms with Crippen LogP contribution in [0.2, 0.25) is 0 Å². The fourth-order valence-electron chi connectivity index (χ4n) is 5.01. The highest BCUT2D eigenvalue weighted by Crippen LogP contribution is 2.52. The van der Waals surface area contributed by atoms with Gasteiger partial charge in [-0.25, -0.2) is 0 Å². The van der Waals surface area contributed by atoms with Crippen molar-refractivity contribution < 1.29 is 9.84 Å². The Morgan fingerprint density at radius 1 is 1.23 bits per heavy atom. The first-order valence-electron chi connectivity index (χ1n) is 9.05. The molecule has 0 spiro atoms. The topological polar surface area (TPSA) is 29.5 Å². The van der Waals surface area contributed by atoms with Crippen LogP contribution in [0.25, 0.3) is 0 Å². The Labute approximate surface area is 134 Å². The number of phenols is 1. The van der Waals surface area contributed by atoms with Crippen molar-refractivity contribution in [2.24, 2.45) is 17.8 Å². The summed E-state index contributed by atoms with van der Waals surface area (Å²) in [4.78, 5) is 0. The first-order chi connectivity index (χ1) is 10.7. The Morgan fingerprint density at radius 2 is 2.05 bits per heavy atom. The molecular formula is C20H30O2. The van der Waals surface area contributed by atoms with E-state index in [2.05, 4.69) is 19.9 Å². The fraction of sp³-hybridized carbons (Fsp3) is 0.700. The molecule has 0 heterocycles. The van der Waals surface area contributed by atoms with Crippen LogP contribution in [-0.4, -0.2) is 12.2 Å². The number of aromatic hydroxyl groups is 1. The van der Waals surface area contributed by atoms with E-state index in [1.54, 1.807) is 7.11 Å². The number of hydrogen-bond acceptors (Lipinski definition) is 2. The third kappa shape index (κ3) is 2.73. The van der Waals surface area contributed by atoms with Crippen LogP contribution in [0.4, 0.5) is 0 Å². The van der Waals surface area contributed by atoms with Crippen molar-refractivity contribution in [2.75, 3.05) is 7.11 Å². The van der Waals surface area contributed by atoms with E-state index in [1.165, 1.54) is 49.7 Å². The maximum Gasteiger partial charge on any atom is 0.160 e. The normalized spacial score (nSPS) is 30.5. The van der Waals surface area contributed by atoms with Gasteiger partial charge in [-0.05, 0) is 79.0 Å². The van der Waals surface area contributed by atoms with E-state index in [0.29, 0.717) is 17.4 Å². The molecule has 2 heteroatoms. The number of ether oxygens (including phenoxy) is 1.